The second-order valence-corrected chi connectivity index (χ2v) is 9.10. The number of carbonyl (C=O) groups is 1. The van der Waals surface area contributed by atoms with Gasteiger partial charge in [-0.3, -0.25) is 4.79 Å². The smallest absolute Gasteiger partial charge is 0.146 e. The fourth-order valence-electron chi connectivity index (χ4n) is 6.88. The molecular formula is C21H36O4. The molecule has 8 unspecified atom stereocenters. The van der Waals surface area contributed by atoms with E-state index in [0.717, 1.165) is 32.1 Å². The largest absolute Gasteiger partial charge is 0.381 e. The summed E-state index contributed by atoms with van der Waals surface area (Å²) in [6.45, 7) is 9.36. The van der Waals surface area contributed by atoms with Crippen molar-refractivity contribution < 1.29 is 19.0 Å². The predicted octanol–water partition coefficient (Wildman–Crippen LogP) is 4.07. The molecule has 4 heteroatoms. The number of rotatable bonds is 4. The minimum absolute atomic E-state index is 0.0254. The molecule has 0 heterocycles. The van der Waals surface area contributed by atoms with Crippen molar-refractivity contribution in [2.45, 2.75) is 72.0 Å². The van der Waals surface area contributed by atoms with E-state index in [-0.39, 0.29) is 34.9 Å². The van der Waals surface area contributed by atoms with Gasteiger partial charge < -0.3 is 14.2 Å². The second kappa shape index (κ2) is 6.94. The zero-order valence-electron chi connectivity index (χ0n) is 16.8. The quantitative estimate of drug-likeness (QED) is 0.716. The van der Waals surface area contributed by atoms with E-state index in [1.54, 1.807) is 7.11 Å². The standard InChI is InChI=1S/C21H36O4/c1-13-11-18(25-12-23-5)20(4)14(2)9-10-21(15(3)19(13)22)16(20)7-8-17(21)24-6/h13-18H,7-12H2,1-6H3. The molecule has 3 aliphatic carbocycles. The van der Waals surface area contributed by atoms with Gasteiger partial charge in [0, 0.05) is 31.5 Å². The van der Waals surface area contributed by atoms with Crippen LogP contribution in [0.5, 0.6) is 0 Å². The first-order valence-corrected chi connectivity index (χ1v) is 10.0. The maximum absolute atomic E-state index is 13.3. The summed E-state index contributed by atoms with van der Waals surface area (Å²) in [7, 11) is 3.50. The first-order valence-electron chi connectivity index (χ1n) is 10.0. The Morgan fingerprint density at radius 1 is 1.08 bits per heavy atom. The Bertz CT molecular complexity index is 506. The minimum Gasteiger partial charge on any atom is -0.381 e. The third-order valence-corrected chi connectivity index (χ3v) is 8.44. The van der Waals surface area contributed by atoms with Gasteiger partial charge in [0.05, 0.1) is 12.2 Å². The van der Waals surface area contributed by atoms with Gasteiger partial charge in [0.15, 0.2) is 0 Å². The summed E-state index contributed by atoms with van der Waals surface area (Å²) in [6.07, 6.45) is 5.50. The molecule has 0 aliphatic heterocycles. The van der Waals surface area contributed by atoms with Crippen LogP contribution >= 0.6 is 0 Å². The van der Waals surface area contributed by atoms with Gasteiger partial charge >= 0.3 is 0 Å². The molecule has 4 nitrogen and oxygen atoms in total. The normalized spacial score (nSPS) is 50.2. The van der Waals surface area contributed by atoms with E-state index in [9.17, 15) is 4.79 Å². The van der Waals surface area contributed by atoms with E-state index in [1.165, 1.54) is 0 Å². The molecular weight excluding hydrogens is 316 g/mol. The molecule has 2 bridgehead atoms. The third-order valence-electron chi connectivity index (χ3n) is 8.44. The summed E-state index contributed by atoms with van der Waals surface area (Å²) in [5.74, 6) is 1.54. The summed E-state index contributed by atoms with van der Waals surface area (Å²) >= 11 is 0. The molecule has 8 atom stereocenters. The Morgan fingerprint density at radius 3 is 2.44 bits per heavy atom. The average Bonchev–Trinajstić information content (AvgIpc) is 3.00. The minimum atomic E-state index is -0.0313. The monoisotopic (exact) mass is 352 g/mol. The van der Waals surface area contributed by atoms with Crippen molar-refractivity contribution in [1.82, 2.24) is 0 Å². The van der Waals surface area contributed by atoms with E-state index in [2.05, 4.69) is 27.7 Å². The molecule has 0 spiro atoms. The Hall–Kier alpha value is -0.450. The molecule has 0 amide bonds. The lowest BCUT2D eigenvalue weighted by Gasteiger charge is -2.61. The van der Waals surface area contributed by atoms with Crippen LogP contribution in [0.15, 0.2) is 0 Å². The van der Waals surface area contributed by atoms with Gasteiger partial charge in [0.1, 0.15) is 12.6 Å². The Kier molecular flexibility index (Phi) is 5.36. The van der Waals surface area contributed by atoms with Crippen molar-refractivity contribution in [3.05, 3.63) is 0 Å². The van der Waals surface area contributed by atoms with E-state index < -0.39 is 0 Å². The van der Waals surface area contributed by atoms with Gasteiger partial charge in [-0.05, 0) is 49.4 Å². The predicted molar refractivity (Wildman–Crippen MR) is 97.2 cm³/mol. The van der Waals surface area contributed by atoms with Gasteiger partial charge in [-0.1, -0.05) is 27.7 Å². The van der Waals surface area contributed by atoms with Gasteiger partial charge in [-0.25, -0.2) is 0 Å². The van der Waals surface area contributed by atoms with Crippen molar-refractivity contribution in [1.29, 1.82) is 0 Å². The van der Waals surface area contributed by atoms with Gasteiger partial charge in [-0.2, -0.15) is 0 Å². The summed E-state index contributed by atoms with van der Waals surface area (Å²) in [4.78, 5) is 13.3. The first-order chi connectivity index (χ1) is 11.8. The van der Waals surface area contributed by atoms with Crippen LogP contribution in [0.25, 0.3) is 0 Å². The molecule has 144 valence electrons. The number of carbonyl (C=O) groups excluding carboxylic acids is 1. The highest BCUT2D eigenvalue weighted by Gasteiger charge is 2.67. The van der Waals surface area contributed by atoms with Gasteiger partial charge in [0.25, 0.3) is 0 Å². The Morgan fingerprint density at radius 2 is 1.80 bits per heavy atom. The van der Waals surface area contributed by atoms with Crippen LogP contribution in [-0.4, -0.2) is 39.0 Å². The number of ketones is 1. The molecule has 3 rings (SSSR count). The third kappa shape index (κ3) is 2.62. The van der Waals surface area contributed by atoms with Crippen molar-refractivity contribution in [2.75, 3.05) is 21.0 Å². The molecule has 0 radical (unpaired) electrons. The fourth-order valence-corrected chi connectivity index (χ4v) is 6.88. The summed E-state index contributed by atoms with van der Waals surface area (Å²) in [5, 5.41) is 0. The number of Topliss-reactive ketones (excluding diaryl/α,β-unsaturated/α-hetero) is 1. The molecule has 3 aliphatic rings. The van der Waals surface area contributed by atoms with Crippen LogP contribution in [-0.2, 0) is 19.0 Å². The average molecular weight is 353 g/mol. The topological polar surface area (TPSA) is 44.8 Å². The van der Waals surface area contributed by atoms with Crippen molar-refractivity contribution in [3.63, 3.8) is 0 Å². The zero-order chi connectivity index (χ0) is 18.4. The molecule has 0 N–H and O–H groups in total. The van der Waals surface area contributed by atoms with Crippen LogP contribution in [0.1, 0.15) is 59.8 Å². The highest BCUT2D eigenvalue weighted by atomic mass is 16.7. The van der Waals surface area contributed by atoms with Crippen LogP contribution in [0.2, 0.25) is 0 Å². The van der Waals surface area contributed by atoms with Crippen molar-refractivity contribution in [2.24, 2.45) is 34.5 Å². The lowest BCUT2D eigenvalue weighted by molar-refractivity contribution is -0.211. The van der Waals surface area contributed by atoms with Crippen molar-refractivity contribution >= 4 is 5.78 Å². The van der Waals surface area contributed by atoms with Gasteiger partial charge in [0.2, 0.25) is 0 Å². The maximum Gasteiger partial charge on any atom is 0.146 e. The molecule has 0 saturated heterocycles. The molecule has 0 aromatic heterocycles. The van der Waals surface area contributed by atoms with E-state index >= 15 is 0 Å². The SMILES string of the molecule is COCOC1CC(C)C(=O)C(C)C23CCC(C)C1(C)C2CCC3OC. The first kappa shape index (κ1) is 19.3. The lowest BCUT2D eigenvalue weighted by atomic mass is 9.45. The summed E-state index contributed by atoms with van der Waals surface area (Å²) < 4.78 is 17.5. The second-order valence-electron chi connectivity index (χ2n) is 9.10. The summed E-state index contributed by atoms with van der Waals surface area (Å²) in [5.41, 5.74) is 0.0315. The van der Waals surface area contributed by atoms with Gasteiger partial charge in [-0.15, -0.1) is 0 Å². The van der Waals surface area contributed by atoms with Crippen LogP contribution < -0.4 is 0 Å². The van der Waals surface area contributed by atoms with Crippen molar-refractivity contribution in [3.8, 4) is 0 Å². The van der Waals surface area contributed by atoms with E-state index in [4.69, 9.17) is 14.2 Å². The number of hydrogen-bond acceptors (Lipinski definition) is 4. The highest BCUT2D eigenvalue weighted by Crippen LogP contribution is 2.67. The molecule has 3 fully saturated rings. The molecule has 25 heavy (non-hydrogen) atoms. The number of methoxy groups -OCH3 is 2. The summed E-state index contributed by atoms with van der Waals surface area (Å²) in [6, 6.07) is 0. The highest BCUT2D eigenvalue weighted by molar-refractivity contribution is 5.84. The lowest BCUT2D eigenvalue weighted by Crippen LogP contribution is -2.61. The number of ether oxygens (including phenoxy) is 3. The van der Waals surface area contributed by atoms with E-state index in [0.29, 0.717) is 24.4 Å². The fraction of sp³-hybridized carbons (Fsp3) is 0.952. The molecule has 0 aromatic carbocycles. The zero-order valence-corrected chi connectivity index (χ0v) is 16.8. The van der Waals surface area contributed by atoms with E-state index in [1.807, 2.05) is 7.11 Å². The van der Waals surface area contributed by atoms with Crippen LogP contribution in [0.4, 0.5) is 0 Å². The molecule has 0 aromatic rings. The van der Waals surface area contributed by atoms with Crippen LogP contribution in [0, 0.1) is 34.5 Å². The Balaban J connectivity index is 2.11. The maximum atomic E-state index is 13.3. The molecule has 3 saturated carbocycles. The van der Waals surface area contributed by atoms with Crippen LogP contribution in [0.3, 0.4) is 0 Å². The Labute approximate surface area is 153 Å². The number of hydrogen-bond donors (Lipinski definition) is 0.